The van der Waals surface area contributed by atoms with Gasteiger partial charge in [0.05, 0.1) is 5.56 Å². The Morgan fingerprint density at radius 3 is 2.00 bits per heavy atom. The fourth-order valence-corrected chi connectivity index (χ4v) is 2.73. The van der Waals surface area contributed by atoms with Crippen LogP contribution in [0.25, 0.3) is 0 Å². The van der Waals surface area contributed by atoms with E-state index in [0.29, 0.717) is 11.1 Å². The van der Waals surface area contributed by atoms with Gasteiger partial charge in [-0.2, -0.15) is 0 Å². The standard InChI is InChI=1S/C23H21NO4/c1-15-4-8-17(9-5-15)21(26)22(18-10-6-16(2)7-11-18)28-23(27)19-12-13-24(3)20(25)14-19/h4-14,22H,1-3H3. The van der Waals surface area contributed by atoms with E-state index in [-0.39, 0.29) is 16.9 Å². The molecule has 0 spiro atoms. The van der Waals surface area contributed by atoms with Gasteiger partial charge in [0, 0.05) is 30.4 Å². The summed E-state index contributed by atoms with van der Waals surface area (Å²) in [6.45, 7) is 3.87. The summed E-state index contributed by atoms with van der Waals surface area (Å²) >= 11 is 0. The van der Waals surface area contributed by atoms with Crippen LogP contribution in [0.1, 0.15) is 43.5 Å². The van der Waals surface area contributed by atoms with Gasteiger partial charge in [-0.1, -0.05) is 59.7 Å². The molecule has 28 heavy (non-hydrogen) atoms. The summed E-state index contributed by atoms with van der Waals surface area (Å²) < 4.78 is 6.92. The number of rotatable bonds is 5. The molecule has 0 fully saturated rings. The fraction of sp³-hybridized carbons (Fsp3) is 0.174. The minimum atomic E-state index is -1.10. The van der Waals surface area contributed by atoms with Gasteiger partial charge in [0.25, 0.3) is 5.56 Å². The Morgan fingerprint density at radius 2 is 1.43 bits per heavy atom. The van der Waals surface area contributed by atoms with Crippen LogP contribution >= 0.6 is 0 Å². The summed E-state index contributed by atoms with van der Waals surface area (Å²) in [5.41, 5.74) is 2.87. The third-order valence-electron chi connectivity index (χ3n) is 4.52. The lowest BCUT2D eigenvalue weighted by atomic mass is 9.98. The molecular formula is C23H21NO4. The number of pyridine rings is 1. The Labute approximate surface area is 163 Å². The Bertz CT molecular complexity index is 1060. The molecule has 0 aliphatic rings. The molecule has 0 radical (unpaired) electrons. The SMILES string of the molecule is Cc1ccc(C(=O)C(OC(=O)c2ccn(C)c(=O)c2)c2ccc(C)cc2)cc1. The van der Waals surface area contributed by atoms with Crippen molar-refractivity contribution in [3.05, 3.63) is 105 Å². The zero-order valence-electron chi connectivity index (χ0n) is 16.0. The van der Waals surface area contributed by atoms with E-state index >= 15 is 0 Å². The number of Topliss-reactive ketones (excluding diaryl/α,β-unsaturated/α-hetero) is 1. The summed E-state index contributed by atoms with van der Waals surface area (Å²) in [5.74, 6) is -1.04. The smallest absolute Gasteiger partial charge is 0.339 e. The van der Waals surface area contributed by atoms with E-state index < -0.39 is 12.1 Å². The number of ether oxygens (including phenoxy) is 1. The normalized spacial score (nSPS) is 11.7. The van der Waals surface area contributed by atoms with Crippen LogP contribution in [0.2, 0.25) is 0 Å². The van der Waals surface area contributed by atoms with Crippen molar-refractivity contribution < 1.29 is 14.3 Å². The molecule has 1 heterocycles. The molecule has 1 unspecified atom stereocenters. The minimum absolute atomic E-state index is 0.108. The van der Waals surface area contributed by atoms with Gasteiger partial charge in [-0.05, 0) is 19.9 Å². The number of esters is 1. The number of nitrogens with zero attached hydrogens (tertiary/aromatic N) is 1. The van der Waals surface area contributed by atoms with Crippen molar-refractivity contribution in [3.63, 3.8) is 0 Å². The van der Waals surface area contributed by atoms with Gasteiger partial charge in [-0.25, -0.2) is 4.79 Å². The van der Waals surface area contributed by atoms with E-state index in [4.69, 9.17) is 4.74 Å². The number of benzene rings is 2. The molecule has 142 valence electrons. The van der Waals surface area contributed by atoms with Crippen molar-refractivity contribution in [1.29, 1.82) is 0 Å². The van der Waals surface area contributed by atoms with Gasteiger partial charge in [0.2, 0.25) is 5.78 Å². The average Bonchev–Trinajstić information content (AvgIpc) is 2.69. The van der Waals surface area contributed by atoms with Crippen molar-refractivity contribution in [2.24, 2.45) is 7.05 Å². The summed E-state index contributed by atoms with van der Waals surface area (Å²) in [6, 6.07) is 17.0. The molecule has 0 bridgehead atoms. The fourth-order valence-electron chi connectivity index (χ4n) is 2.73. The molecule has 0 saturated heterocycles. The lowest BCUT2D eigenvalue weighted by molar-refractivity contribution is 0.0279. The van der Waals surface area contributed by atoms with Crippen molar-refractivity contribution in [2.75, 3.05) is 0 Å². The summed E-state index contributed by atoms with van der Waals surface area (Å²) in [4.78, 5) is 37.5. The molecule has 0 aliphatic carbocycles. The lowest BCUT2D eigenvalue weighted by Gasteiger charge is -2.18. The lowest BCUT2D eigenvalue weighted by Crippen LogP contribution is -2.22. The molecule has 5 nitrogen and oxygen atoms in total. The number of aromatic nitrogens is 1. The second-order valence-electron chi connectivity index (χ2n) is 6.79. The van der Waals surface area contributed by atoms with E-state index in [0.717, 1.165) is 11.1 Å². The van der Waals surface area contributed by atoms with Crippen LogP contribution in [0.4, 0.5) is 0 Å². The zero-order chi connectivity index (χ0) is 20.3. The summed E-state index contributed by atoms with van der Waals surface area (Å²) in [6.07, 6.45) is 0.390. The predicted molar refractivity (Wildman–Crippen MR) is 107 cm³/mol. The van der Waals surface area contributed by atoms with E-state index in [1.165, 1.54) is 22.9 Å². The minimum Gasteiger partial charge on any atom is -0.445 e. The maximum Gasteiger partial charge on any atom is 0.339 e. The van der Waals surface area contributed by atoms with Gasteiger partial charge < -0.3 is 9.30 Å². The Balaban J connectivity index is 1.95. The van der Waals surface area contributed by atoms with Crippen LogP contribution in [0.3, 0.4) is 0 Å². The van der Waals surface area contributed by atoms with Gasteiger partial charge >= 0.3 is 5.97 Å². The highest BCUT2D eigenvalue weighted by atomic mass is 16.5. The summed E-state index contributed by atoms with van der Waals surface area (Å²) in [5, 5.41) is 0. The molecule has 1 atom stereocenters. The quantitative estimate of drug-likeness (QED) is 0.503. The molecule has 3 rings (SSSR count). The molecule has 0 saturated carbocycles. The monoisotopic (exact) mass is 375 g/mol. The topological polar surface area (TPSA) is 65.4 Å². The first-order valence-corrected chi connectivity index (χ1v) is 8.90. The van der Waals surface area contributed by atoms with Gasteiger partial charge in [-0.15, -0.1) is 0 Å². The largest absolute Gasteiger partial charge is 0.445 e. The molecule has 3 aromatic rings. The Morgan fingerprint density at radius 1 is 0.857 bits per heavy atom. The molecular weight excluding hydrogens is 354 g/mol. The average molecular weight is 375 g/mol. The van der Waals surface area contributed by atoms with E-state index in [2.05, 4.69) is 0 Å². The molecule has 0 amide bonds. The van der Waals surface area contributed by atoms with Crippen LogP contribution < -0.4 is 5.56 Å². The van der Waals surface area contributed by atoms with Crippen LogP contribution in [0.15, 0.2) is 71.7 Å². The highest BCUT2D eigenvalue weighted by Gasteiger charge is 2.27. The third-order valence-corrected chi connectivity index (χ3v) is 4.52. The highest BCUT2D eigenvalue weighted by molar-refractivity contribution is 6.02. The highest BCUT2D eigenvalue weighted by Crippen LogP contribution is 2.24. The van der Waals surface area contributed by atoms with Crippen molar-refractivity contribution in [2.45, 2.75) is 20.0 Å². The first-order chi connectivity index (χ1) is 13.3. The molecule has 1 aromatic heterocycles. The summed E-state index contributed by atoms with van der Waals surface area (Å²) in [7, 11) is 1.59. The maximum atomic E-state index is 13.1. The van der Waals surface area contributed by atoms with Crippen molar-refractivity contribution in [1.82, 2.24) is 4.57 Å². The van der Waals surface area contributed by atoms with Crippen LogP contribution in [-0.4, -0.2) is 16.3 Å². The van der Waals surface area contributed by atoms with Gasteiger partial charge in [0.1, 0.15) is 0 Å². The van der Waals surface area contributed by atoms with Crippen LogP contribution in [0.5, 0.6) is 0 Å². The number of aryl methyl sites for hydroxylation is 3. The molecule has 5 heteroatoms. The second kappa shape index (κ2) is 8.05. The van der Waals surface area contributed by atoms with E-state index in [9.17, 15) is 14.4 Å². The van der Waals surface area contributed by atoms with Crippen molar-refractivity contribution in [3.8, 4) is 0 Å². The van der Waals surface area contributed by atoms with Crippen molar-refractivity contribution >= 4 is 11.8 Å². The zero-order valence-corrected chi connectivity index (χ0v) is 16.0. The molecule has 2 aromatic carbocycles. The first-order valence-electron chi connectivity index (χ1n) is 8.90. The van der Waals surface area contributed by atoms with Gasteiger partial charge in [-0.3, -0.25) is 9.59 Å². The number of hydrogen-bond donors (Lipinski definition) is 0. The second-order valence-corrected chi connectivity index (χ2v) is 6.79. The third kappa shape index (κ3) is 4.26. The number of carbonyl (C=O) groups is 2. The molecule has 0 N–H and O–H groups in total. The van der Waals surface area contributed by atoms with Crippen LogP contribution in [-0.2, 0) is 11.8 Å². The predicted octanol–water partition coefficient (Wildman–Crippen LogP) is 3.78. The van der Waals surface area contributed by atoms with Crippen LogP contribution in [0, 0.1) is 13.8 Å². The van der Waals surface area contributed by atoms with E-state index in [1.54, 1.807) is 31.3 Å². The van der Waals surface area contributed by atoms with Gasteiger partial charge in [0.15, 0.2) is 6.10 Å². The van der Waals surface area contributed by atoms with E-state index in [1.807, 2.05) is 38.1 Å². The number of ketones is 1. The molecule has 0 aliphatic heterocycles. The maximum absolute atomic E-state index is 13.1. The first kappa shape index (κ1) is 19.3. The number of carbonyl (C=O) groups excluding carboxylic acids is 2. The Kier molecular flexibility index (Phi) is 5.54. The Hall–Kier alpha value is -3.47. The number of hydrogen-bond acceptors (Lipinski definition) is 4.